The molecule has 0 spiro atoms. The molecule has 1 atom stereocenters. The average molecular weight is 210 g/mol. The van der Waals surface area contributed by atoms with Gasteiger partial charge in [-0.2, -0.15) is 0 Å². The molecular weight excluding hydrogens is 192 g/mol. The van der Waals surface area contributed by atoms with E-state index in [2.05, 4.69) is 0 Å². The largest absolute Gasteiger partial charge is 0.491 e. The van der Waals surface area contributed by atoms with Crippen molar-refractivity contribution in [3.63, 3.8) is 0 Å². The van der Waals surface area contributed by atoms with Crippen LogP contribution in [0.25, 0.3) is 0 Å². The second-order valence-corrected chi connectivity index (χ2v) is 3.29. The predicted octanol–water partition coefficient (Wildman–Crippen LogP) is 2.16. The minimum absolute atomic E-state index is 0.428. The highest BCUT2D eigenvalue weighted by Gasteiger charge is 2.00. The molecule has 3 heteroatoms. The quantitative estimate of drug-likeness (QED) is 0.731. The molecule has 0 heterocycles. The van der Waals surface area contributed by atoms with Crippen molar-refractivity contribution in [1.82, 2.24) is 0 Å². The number of hydrogen-bond donors (Lipinski definition) is 1. The third kappa shape index (κ3) is 4.32. The molecule has 0 aliphatic carbocycles. The molecule has 0 radical (unpaired) electrons. The predicted molar refractivity (Wildman–Crippen MR) is 59.1 cm³/mol. The molecule has 0 saturated carbocycles. The molecule has 0 aliphatic rings. The molecule has 84 valence electrons. The summed E-state index contributed by atoms with van der Waals surface area (Å²) in [6.45, 7) is 5.57. The van der Waals surface area contributed by atoms with Gasteiger partial charge in [-0.1, -0.05) is 12.1 Å². The average Bonchev–Trinajstić information content (AvgIpc) is 2.25. The van der Waals surface area contributed by atoms with Crippen LogP contribution in [0.15, 0.2) is 24.3 Å². The van der Waals surface area contributed by atoms with Crippen LogP contribution in [0.1, 0.15) is 25.5 Å². The summed E-state index contributed by atoms with van der Waals surface area (Å²) in [4.78, 5) is 0. The minimum Gasteiger partial charge on any atom is -0.491 e. The zero-order valence-corrected chi connectivity index (χ0v) is 9.27. The third-order valence-electron chi connectivity index (χ3n) is 2.06. The van der Waals surface area contributed by atoms with Crippen LogP contribution in [0, 0.1) is 0 Å². The van der Waals surface area contributed by atoms with E-state index in [4.69, 9.17) is 9.47 Å². The van der Waals surface area contributed by atoms with Crippen molar-refractivity contribution in [3.05, 3.63) is 29.8 Å². The van der Waals surface area contributed by atoms with E-state index in [1.165, 1.54) is 0 Å². The maximum absolute atomic E-state index is 9.30. The van der Waals surface area contributed by atoms with Gasteiger partial charge in [0.05, 0.1) is 12.7 Å². The summed E-state index contributed by atoms with van der Waals surface area (Å²) in [5, 5.41) is 9.30. The smallest absolute Gasteiger partial charge is 0.119 e. The van der Waals surface area contributed by atoms with Gasteiger partial charge in [-0.15, -0.1) is 0 Å². The second kappa shape index (κ2) is 6.43. The third-order valence-corrected chi connectivity index (χ3v) is 2.06. The Hall–Kier alpha value is -1.06. The Morgan fingerprint density at radius 3 is 2.40 bits per heavy atom. The van der Waals surface area contributed by atoms with Gasteiger partial charge < -0.3 is 14.6 Å². The number of aliphatic hydroxyl groups excluding tert-OH is 1. The van der Waals surface area contributed by atoms with Crippen LogP contribution in [0.3, 0.4) is 0 Å². The minimum atomic E-state index is -0.428. The van der Waals surface area contributed by atoms with Crippen molar-refractivity contribution in [2.24, 2.45) is 0 Å². The van der Waals surface area contributed by atoms with Gasteiger partial charge in [0, 0.05) is 6.61 Å². The second-order valence-electron chi connectivity index (χ2n) is 3.29. The Morgan fingerprint density at radius 1 is 1.20 bits per heavy atom. The first-order valence-corrected chi connectivity index (χ1v) is 5.22. The SMILES string of the molecule is CCOCCOc1ccc([C@@H](C)O)cc1. The molecule has 1 aromatic rings. The van der Waals surface area contributed by atoms with Crippen molar-refractivity contribution >= 4 is 0 Å². The zero-order valence-electron chi connectivity index (χ0n) is 9.27. The topological polar surface area (TPSA) is 38.7 Å². The molecule has 0 fully saturated rings. The maximum atomic E-state index is 9.30. The summed E-state index contributed by atoms with van der Waals surface area (Å²) in [5.41, 5.74) is 0.896. The van der Waals surface area contributed by atoms with E-state index >= 15 is 0 Å². The molecule has 0 amide bonds. The lowest BCUT2D eigenvalue weighted by Gasteiger charge is -2.08. The van der Waals surface area contributed by atoms with Crippen molar-refractivity contribution in [1.29, 1.82) is 0 Å². The van der Waals surface area contributed by atoms with Crippen LogP contribution in [0.2, 0.25) is 0 Å². The summed E-state index contributed by atoms with van der Waals surface area (Å²) in [7, 11) is 0. The van der Waals surface area contributed by atoms with Crippen LogP contribution in [0.5, 0.6) is 5.75 Å². The van der Waals surface area contributed by atoms with Gasteiger partial charge >= 0.3 is 0 Å². The van der Waals surface area contributed by atoms with Crippen molar-refractivity contribution in [2.45, 2.75) is 20.0 Å². The lowest BCUT2D eigenvalue weighted by Crippen LogP contribution is -2.06. The number of hydrogen-bond acceptors (Lipinski definition) is 3. The summed E-state index contributed by atoms with van der Waals surface area (Å²) in [6.07, 6.45) is -0.428. The normalized spacial score (nSPS) is 12.5. The summed E-state index contributed by atoms with van der Waals surface area (Å²) in [6, 6.07) is 7.43. The molecule has 1 N–H and O–H groups in total. The zero-order chi connectivity index (χ0) is 11.1. The van der Waals surface area contributed by atoms with Crippen molar-refractivity contribution in [2.75, 3.05) is 19.8 Å². The van der Waals surface area contributed by atoms with Gasteiger partial charge in [-0.25, -0.2) is 0 Å². The van der Waals surface area contributed by atoms with E-state index in [0.717, 1.165) is 11.3 Å². The van der Waals surface area contributed by atoms with E-state index < -0.39 is 6.10 Å². The summed E-state index contributed by atoms with van der Waals surface area (Å²) in [5.74, 6) is 0.805. The van der Waals surface area contributed by atoms with Gasteiger partial charge in [-0.3, -0.25) is 0 Å². The van der Waals surface area contributed by atoms with Gasteiger partial charge in [-0.05, 0) is 31.5 Å². The van der Waals surface area contributed by atoms with Gasteiger partial charge in [0.15, 0.2) is 0 Å². The number of benzene rings is 1. The fourth-order valence-corrected chi connectivity index (χ4v) is 1.21. The fourth-order valence-electron chi connectivity index (χ4n) is 1.21. The van der Waals surface area contributed by atoms with Crippen LogP contribution in [-0.2, 0) is 4.74 Å². The highest BCUT2D eigenvalue weighted by atomic mass is 16.5. The molecule has 0 aliphatic heterocycles. The Bertz CT molecular complexity index is 267. The van der Waals surface area contributed by atoms with Crippen molar-refractivity contribution in [3.8, 4) is 5.75 Å². The molecule has 3 nitrogen and oxygen atoms in total. The molecule has 0 bridgehead atoms. The van der Waals surface area contributed by atoms with Crippen LogP contribution in [-0.4, -0.2) is 24.9 Å². The van der Waals surface area contributed by atoms with Crippen molar-refractivity contribution < 1.29 is 14.6 Å². The van der Waals surface area contributed by atoms with E-state index in [1.54, 1.807) is 6.92 Å². The lowest BCUT2D eigenvalue weighted by atomic mass is 10.1. The van der Waals surface area contributed by atoms with Crippen LogP contribution in [0.4, 0.5) is 0 Å². The summed E-state index contributed by atoms with van der Waals surface area (Å²) >= 11 is 0. The van der Waals surface area contributed by atoms with E-state index in [0.29, 0.717) is 19.8 Å². The van der Waals surface area contributed by atoms with E-state index in [-0.39, 0.29) is 0 Å². The number of ether oxygens (including phenoxy) is 2. The Kier molecular flexibility index (Phi) is 5.15. The molecule has 15 heavy (non-hydrogen) atoms. The van der Waals surface area contributed by atoms with Crippen LogP contribution >= 0.6 is 0 Å². The van der Waals surface area contributed by atoms with E-state index in [9.17, 15) is 5.11 Å². The van der Waals surface area contributed by atoms with Crippen LogP contribution < -0.4 is 4.74 Å². The molecule has 1 aromatic carbocycles. The fraction of sp³-hybridized carbons (Fsp3) is 0.500. The first kappa shape index (κ1) is 12.0. The Morgan fingerprint density at radius 2 is 1.87 bits per heavy atom. The Labute approximate surface area is 90.6 Å². The molecular formula is C12H18O3. The lowest BCUT2D eigenvalue weighted by molar-refractivity contribution is 0.110. The summed E-state index contributed by atoms with van der Waals surface area (Å²) < 4.78 is 10.6. The van der Waals surface area contributed by atoms with Gasteiger partial charge in [0.1, 0.15) is 12.4 Å². The first-order valence-electron chi connectivity index (χ1n) is 5.22. The van der Waals surface area contributed by atoms with Gasteiger partial charge in [0.25, 0.3) is 0 Å². The molecule has 0 unspecified atom stereocenters. The number of aliphatic hydroxyl groups is 1. The maximum Gasteiger partial charge on any atom is 0.119 e. The highest BCUT2D eigenvalue weighted by Crippen LogP contribution is 2.16. The van der Waals surface area contributed by atoms with E-state index in [1.807, 2.05) is 31.2 Å². The molecule has 0 aromatic heterocycles. The standard InChI is InChI=1S/C12H18O3/c1-3-14-8-9-15-12-6-4-11(5-7-12)10(2)13/h4-7,10,13H,3,8-9H2,1-2H3/t10-/m1/s1. The highest BCUT2D eigenvalue weighted by molar-refractivity contribution is 5.28. The molecule has 1 rings (SSSR count). The monoisotopic (exact) mass is 210 g/mol. The first-order chi connectivity index (χ1) is 7.24. The van der Waals surface area contributed by atoms with Gasteiger partial charge in [0.2, 0.25) is 0 Å². The number of rotatable bonds is 6. The molecule has 0 saturated heterocycles. The Balaban J connectivity index is 2.36.